The Morgan fingerprint density at radius 2 is 1.56 bits per heavy atom. The second kappa shape index (κ2) is 21.9. The molecular weight excluding hydrogens is 704 g/mol. The normalized spacial score (nSPS) is 20.1. The van der Waals surface area contributed by atoms with Crippen LogP contribution >= 0.6 is 0 Å². The molecule has 0 aliphatic carbocycles. The highest BCUT2D eigenvalue weighted by Crippen LogP contribution is 2.32. The topological polar surface area (TPSA) is 182 Å². The lowest BCUT2D eigenvalue weighted by atomic mass is 9.89. The van der Waals surface area contributed by atoms with Crippen LogP contribution in [0.5, 0.6) is 0 Å². The molecule has 2 rings (SSSR count). The first-order chi connectivity index (χ1) is 25.8. The zero-order valence-electron chi connectivity index (χ0n) is 34.9. The van der Waals surface area contributed by atoms with Crippen LogP contribution in [-0.4, -0.2) is 134 Å². The molecular formula is C41H66N6O8. The largest absolute Gasteiger partial charge is 0.480 e. The molecule has 55 heavy (non-hydrogen) atoms. The van der Waals surface area contributed by atoms with Gasteiger partial charge in [-0.25, -0.2) is 4.79 Å². The number of likely N-dealkylation sites (tertiary alicyclic amines) is 1. The quantitative estimate of drug-likeness (QED) is 0.168. The van der Waals surface area contributed by atoms with E-state index in [1.54, 1.807) is 48.0 Å². The molecule has 14 nitrogen and oxygen atoms in total. The molecule has 10 atom stereocenters. The highest BCUT2D eigenvalue weighted by molar-refractivity contribution is 5.90. The summed E-state index contributed by atoms with van der Waals surface area (Å²) in [6.45, 7) is 13.4. The molecule has 0 aromatic heterocycles. The number of hydrogen-bond donors (Lipinski definition) is 3. The fourth-order valence-corrected chi connectivity index (χ4v) is 7.88. The lowest BCUT2D eigenvalue weighted by Crippen LogP contribution is -2.59. The minimum atomic E-state index is -1.18. The number of likely N-dealkylation sites (N-methyl/N-ethyl adjacent to an activating group) is 2. The summed E-state index contributed by atoms with van der Waals surface area (Å²) >= 11 is 0. The zero-order chi connectivity index (χ0) is 41.7. The van der Waals surface area contributed by atoms with Crippen molar-refractivity contribution in [1.29, 1.82) is 5.26 Å². The van der Waals surface area contributed by atoms with E-state index in [-0.39, 0.29) is 61.3 Å². The van der Waals surface area contributed by atoms with Gasteiger partial charge in [0.1, 0.15) is 12.1 Å². The van der Waals surface area contributed by atoms with Gasteiger partial charge in [0.15, 0.2) is 0 Å². The number of ether oxygens (including phenoxy) is 2. The lowest BCUT2D eigenvalue weighted by Gasteiger charge is -2.41. The molecule has 1 aliphatic heterocycles. The van der Waals surface area contributed by atoms with Crippen LogP contribution in [-0.2, 0) is 39.9 Å². The highest BCUT2D eigenvalue weighted by Gasteiger charge is 2.46. The van der Waals surface area contributed by atoms with Gasteiger partial charge >= 0.3 is 5.97 Å². The van der Waals surface area contributed by atoms with Crippen molar-refractivity contribution in [3.05, 3.63) is 35.9 Å². The molecule has 1 saturated heterocycles. The summed E-state index contributed by atoms with van der Waals surface area (Å²) in [6, 6.07) is 7.60. The maximum Gasteiger partial charge on any atom is 0.326 e. The minimum absolute atomic E-state index is 0.0128. The van der Waals surface area contributed by atoms with E-state index in [0.717, 1.165) is 5.56 Å². The number of aliphatic carboxylic acids is 1. The van der Waals surface area contributed by atoms with Gasteiger partial charge in [0, 0.05) is 34.2 Å². The summed E-state index contributed by atoms with van der Waals surface area (Å²) in [4.78, 5) is 72.7. The van der Waals surface area contributed by atoms with Crippen LogP contribution in [0.1, 0.15) is 73.3 Å². The number of hydrogen-bond acceptors (Lipinski definition) is 9. The van der Waals surface area contributed by atoms with E-state index in [4.69, 9.17) is 9.47 Å². The Bertz CT molecular complexity index is 1460. The maximum absolute atomic E-state index is 14.3. The number of benzene rings is 1. The molecule has 0 saturated carbocycles. The fraction of sp³-hybridized carbons (Fsp3) is 0.707. The SMILES string of the molecule is CC[C@H](C)[C@@H]([C@@H](CC(=O)N1C[C@H](C#N)C[C@H]1[C@H](OC)[C@@H](C)C(=O)N[C@@H](Cc1ccccc1)C(=O)O)OC)N(C)C(=O)[C@@H](NC(=O)[C@H](C(C)C)N(C)C)C(C)C. The number of nitriles is 1. The predicted octanol–water partition coefficient (Wildman–Crippen LogP) is 3.20. The van der Waals surface area contributed by atoms with Crippen LogP contribution in [0.2, 0.25) is 0 Å². The van der Waals surface area contributed by atoms with Gasteiger partial charge in [-0.1, -0.05) is 85.2 Å². The monoisotopic (exact) mass is 770 g/mol. The molecule has 1 fully saturated rings. The van der Waals surface area contributed by atoms with Crippen LogP contribution in [0.4, 0.5) is 0 Å². The number of amides is 4. The van der Waals surface area contributed by atoms with E-state index in [1.807, 2.05) is 66.6 Å². The molecule has 1 heterocycles. The van der Waals surface area contributed by atoms with E-state index in [2.05, 4.69) is 16.7 Å². The summed E-state index contributed by atoms with van der Waals surface area (Å²) in [6.07, 6.45) is -0.701. The Kier molecular flexibility index (Phi) is 18.7. The molecule has 0 bridgehead atoms. The minimum Gasteiger partial charge on any atom is -0.480 e. The van der Waals surface area contributed by atoms with Crippen LogP contribution in [0.3, 0.4) is 0 Å². The maximum atomic E-state index is 14.3. The Morgan fingerprint density at radius 1 is 0.945 bits per heavy atom. The van der Waals surface area contributed by atoms with Crippen LogP contribution < -0.4 is 10.6 Å². The summed E-state index contributed by atoms with van der Waals surface area (Å²) in [7, 11) is 8.26. The van der Waals surface area contributed by atoms with E-state index >= 15 is 0 Å². The Morgan fingerprint density at radius 3 is 2.04 bits per heavy atom. The van der Waals surface area contributed by atoms with Crippen molar-refractivity contribution in [3.63, 3.8) is 0 Å². The number of carboxylic acid groups (broad SMARTS) is 1. The van der Waals surface area contributed by atoms with E-state index in [1.165, 1.54) is 14.2 Å². The number of rotatable bonds is 21. The first-order valence-corrected chi connectivity index (χ1v) is 19.4. The van der Waals surface area contributed by atoms with E-state index < -0.39 is 66.1 Å². The van der Waals surface area contributed by atoms with Crippen molar-refractivity contribution < 1.29 is 38.6 Å². The summed E-state index contributed by atoms with van der Waals surface area (Å²) < 4.78 is 11.8. The van der Waals surface area contributed by atoms with Crippen molar-refractivity contribution in [2.24, 2.45) is 29.6 Å². The third-order valence-corrected chi connectivity index (χ3v) is 11.1. The molecule has 308 valence electrons. The number of nitrogens with zero attached hydrogens (tertiary/aromatic N) is 4. The average Bonchev–Trinajstić information content (AvgIpc) is 3.57. The number of carbonyl (C=O) groups excluding carboxylic acids is 4. The fourth-order valence-electron chi connectivity index (χ4n) is 7.88. The molecule has 3 N–H and O–H groups in total. The third kappa shape index (κ3) is 12.5. The van der Waals surface area contributed by atoms with Crippen molar-refractivity contribution >= 4 is 29.6 Å². The zero-order valence-corrected chi connectivity index (χ0v) is 34.9. The third-order valence-electron chi connectivity index (χ3n) is 11.1. The second-order valence-electron chi connectivity index (χ2n) is 15.9. The first kappa shape index (κ1) is 47.1. The molecule has 0 spiro atoms. The Balaban J connectivity index is 2.36. The highest BCUT2D eigenvalue weighted by atomic mass is 16.5. The first-order valence-electron chi connectivity index (χ1n) is 19.4. The van der Waals surface area contributed by atoms with Gasteiger partial charge in [-0.05, 0) is 43.8 Å². The summed E-state index contributed by atoms with van der Waals surface area (Å²) in [5.41, 5.74) is 0.750. The summed E-state index contributed by atoms with van der Waals surface area (Å²) in [5, 5.41) is 25.5. The molecule has 1 aromatic rings. The van der Waals surface area contributed by atoms with Gasteiger partial charge < -0.3 is 35.0 Å². The molecule has 14 heteroatoms. The number of carboxylic acids is 1. The van der Waals surface area contributed by atoms with Gasteiger partial charge in [-0.15, -0.1) is 0 Å². The number of carbonyl (C=O) groups is 5. The molecule has 1 aliphatic rings. The molecule has 1 aromatic carbocycles. The van der Waals surface area contributed by atoms with Gasteiger partial charge in [0.2, 0.25) is 23.6 Å². The van der Waals surface area contributed by atoms with Gasteiger partial charge in [0.25, 0.3) is 0 Å². The Hall–Kier alpha value is -4.06. The van der Waals surface area contributed by atoms with Crippen LogP contribution in [0, 0.1) is 40.9 Å². The summed E-state index contributed by atoms with van der Waals surface area (Å²) in [5.74, 6) is -4.30. The van der Waals surface area contributed by atoms with Crippen LogP contribution in [0.15, 0.2) is 30.3 Å². The predicted molar refractivity (Wildman–Crippen MR) is 209 cm³/mol. The van der Waals surface area contributed by atoms with Gasteiger partial charge in [-0.2, -0.15) is 5.26 Å². The van der Waals surface area contributed by atoms with Crippen molar-refractivity contribution in [3.8, 4) is 6.07 Å². The molecule has 4 amide bonds. The lowest BCUT2D eigenvalue weighted by molar-refractivity contribution is -0.148. The van der Waals surface area contributed by atoms with Gasteiger partial charge in [-0.3, -0.25) is 24.1 Å². The molecule has 0 radical (unpaired) electrons. The van der Waals surface area contributed by atoms with Gasteiger partial charge in [0.05, 0.1) is 54.7 Å². The number of nitrogens with one attached hydrogen (secondary N) is 2. The van der Waals surface area contributed by atoms with E-state index in [0.29, 0.717) is 6.42 Å². The molecule has 0 unspecified atom stereocenters. The van der Waals surface area contributed by atoms with Crippen molar-refractivity contribution in [1.82, 2.24) is 25.3 Å². The standard InChI is InChI=1S/C41H66N6O8/c1-13-26(6)36(46(10)40(51)34(24(2)3)44-39(50)35(25(4)5)45(8)9)32(54-11)21-33(48)47-23-29(22-42)20-31(47)37(55-12)27(7)38(49)43-30(41(52)53)19-28-17-15-14-16-18-28/h14-18,24-27,29-32,34-37H,13,19-21,23H2,1-12H3,(H,43,49)(H,44,50)(H,52,53)/t26-,27+,29-,30-,31-,32+,34-,35-,36-,37+/m0/s1. The number of methoxy groups -OCH3 is 2. The Labute approximate surface area is 328 Å². The van der Waals surface area contributed by atoms with Crippen LogP contribution in [0.25, 0.3) is 0 Å². The van der Waals surface area contributed by atoms with Crippen molar-refractivity contribution in [2.45, 2.75) is 117 Å². The van der Waals surface area contributed by atoms with Crippen molar-refractivity contribution in [2.75, 3.05) is 41.9 Å². The second-order valence-corrected chi connectivity index (χ2v) is 15.9. The average molecular weight is 771 g/mol. The smallest absolute Gasteiger partial charge is 0.326 e. The van der Waals surface area contributed by atoms with E-state index in [9.17, 15) is 34.3 Å².